The number of hydrogen-bond acceptors (Lipinski definition) is 17. The predicted octanol–water partition coefficient (Wildman–Crippen LogP) is 18.9. The molecule has 101 heavy (non-hydrogen) atoms. The van der Waals surface area contributed by atoms with Crippen LogP contribution in [0.15, 0.2) is 59.2 Å². The Kier molecular flexibility index (Phi) is 28.3. The van der Waals surface area contributed by atoms with Gasteiger partial charge in [0.15, 0.2) is 28.8 Å². The second kappa shape index (κ2) is 34.7. The summed E-state index contributed by atoms with van der Waals surface area (Å²) in [7, 11) is 0. The Labute approximate surface area is 644 Å². The Balaban J connectivity index is 0.000000209. The van der Waals surface area contributed by atoms with Gasteiger partial charge < -0.3 is 52.4 Å². The molecule has 3 atom stereocenters. The Morgan fingerprint density at radius 1 is 0.525 bits per heavy atom. The summed E-state index contributed by atoms with van der Waals surface area (Å²) in [5.74, 6) is 2.09. The molecule has 3 aromatic heterocycles. The molecule has 6 heterocycles. The first-order chi connectivity index (χ1) is 47.0. The van der Waals surface area contributed by atoms with Gasteiger partial charge in [-0.25, -0.2) is 39.5 Å². The number of carbonyl (C=O) groups excluding carboxylic acids is 2. The van der Waals surface area contributed by atoms with Crippen LogP contribution in [0.4, 0.5) is 27.0 Å². The largest absolute Gasteiger partial charge is 1.00 e. The van der Waals surface area contributed by atoms with E-state index in [1.54, 1.807) is 24.3 Å². The van der Waals surface area contributed by atoms with E-state index in [4.69, 9.17) is 117 Å². The molecule has 6 aromatic rings. The van der Waals surface area contributed by atoms with Crippen LogP contribution >= 0.6 is 85.5 Å². The van der Waals surface area contributed by atoms with Crippen LogP contribution in [0.5, 0.6) is 0 Å². The van der Waals surface area contributed by atoms with Gasteiger partial charge in [0.2, 0.25) is 0 Å². The summed E-state index contributed by atoms with van der Waals surface area (Å²) in [4.78, 5) is 59.9. The number of amides is 2. The van der Waals surface area contributed by atoms with Crippen molar-refractivity contribution in [1.82, 2.24) is 40.5 Å². The maximum atomic E-state index is 12.4. The van der Waals surface area contributed by atoms with E-state index in [0.29, 0.717) is 92.0 Å². The van der Waals surface area contributed by atoms with E-state index >= 15 is 0 Å². The minimum atomic E-state index is -0.523. The topological polar surface area (TPSA) is 261 Å². The number of halogens is 7. The number of nitrogens with one attached hydrogen (secondary N) is 2. The number of aromatic nitrogens is 6. The molecule has 3 spiro atoms. The summed E-state index contributed by atoms with van der Waals surface area (Å²) in [6, 6.07) is 21.2. The first-order valence-corrected chi connectivity index (χ1v) is 36.7. The van der Waals surface area contributed by atoms with E-state index in [9.17, 15) is 20.1 Å². The Hall–Kier alpha value is -5.99. The second-order valence-electron chi connectivity index (χ2n) is 28.7. The van der Waals surface area contributed by atoms with Crippen LogP contribution in [0.3, 0.4) is 0 Å². The van der Waals surface area contributed by atoms with Crippen molar-refractivity contribution in [2.45, 2.75) is 195 Å². The molecule has 12 rings (SSSR count). The molecule has 2 amide bonds. The summed E-state index contributed by atoms with van der Waals surface area (Å²) in [6.45, 7) is 26.7. The van der Waals surface area contributed by atoms with Gasteiger partial charge in [-0.3, -0.25) is 0 Å². The van der Waals surface area contributed by atoms with Crippen LogP contribution in [0.1, 0.15) is 174 Å². The molecule has 3 saturated carbocycles. The van der Waals surface area contributed by atoms with Crippen molar-refractivity contribution in [1.29, 1.82) is 15.8 Å². The second-order valence-corrected chi connectivity index (χ2v) is 31.8. The SMILES string of the molecule is C.Cc1nc(N2CCC3(CCC[C@H]3N)CC2)c(C#N)nc1-c1cccc(Cl)c1Cl.Cc1nc(N2CCC3(CCC[C@H]3NC(=O)OC(C)(C)C)CC2)c(Br)nc1-c1cccc(Cl)c1Cl.Cc1nc(N2CCC3(CCC[C@H]3NC(=O)OC(C)(C)C)CC2)c(C#N)nc1-c1cccc(Cl)c1Cl.[C-]#N.[Cu+]. The summed E-state index contributed by atoms with van der Waals surface area (Å²) in [5, 5.41) is 34.8. The van der Waals surface area contributed by atoms with Gasteiger partial charge in [-0.2, -0.15) is 10.5 Å². The fraction of sp³-hybridized carbons (Fsp3) is 0.527. The summed E-state index contributed by atoms with van der Waals surface area (Å²) >= 11 is 41.4. The molecule has 3 aromatic carbocycles. The van der Waals surface area contributed by atoms with Crippen molar-refractivity contribution < 1.29 is 36.1 Å². The Morgan fingerprint density at radius 2 is 0.832 bits per heavy atom. The molecule has 3 aliphatic carbocycles. The number of piperidine rings is 3. The maximum absolute atomic E-state index is 12.4. The number of alkyl carbamates (subject to hydrolysis) is 2. The van der Waals surface area contributed by atoms with Gasteiger partial charge >= 0.3 is 29.3 Å². The number of benzene rings is 3. The Bertz CT molecular complexity index is 4060. The normalized spacial score (nSPS) is 19.3. The molecule has 4 N–H and O–H groups in total. The molecule has 0 unspecified atom stereocenters. The number of ether oxygens (including phenoxy) is 2. The number of nitrogens with two attached hydrogens (primary N) is 1. The quantitative estimate of drug-likeness (QED) is 0.0945. The minimum absolute atomic E-state index is 0. The molecule has 3 aliphatic heterocycles. The molecule has 27 heteroatoms. The molecule has 6 aliphatic rings. The fourth-order valence-electron chi connectivity index (χ4n) is 15.2. The van der Waals surface area contributed by atoms with Gasteiger partial charge in [-0.05, 0) is 190 Å². The van der Waals surface area contributed by atoms with Gasteiger partial charge in [0.25, 0.3) is 0 Å². The van der Waals surface area contributed by atoms with Crippen LogP contribution in [-0.2, 0) is 26.5 Å². The number of rotatable bonds is 8. The molecule has 6 fully saturated rings. The van der Waals surface area contributed by atoms with Gasteiger partial charge in [0.05, 0.1) is 64.3 Å². The number of anilines is 3. The third-order valence-corrected chi connectivity index (χ3v) is 23.3. The fourth-order valence-corrected chi connectivity index (χ4v) is 16.9. The molecule has 3 saturated heterocycles. The molecule has 0 radical (unpaired) electrons. The monoisotopic (exact) mass is 1600 g/mol. The van der Waals surface area contributed by atoms with Crippen LogP contribution < -0.4 is 31.1 Å². The number of nitriles is 2. The van der Waals surface area contributed by atoms with Crippen molar-refractivity contribution in [2.24, 2.45) is 22.0 Å². The minimum Gasteiger partial charge on any atom is -0.512 e. The number of aryl methyl sites for hydroxylation is 3. The van der Waals surface area contributed by atoms with E-state index in [2.05, 4.69) is 63.4 Å². The molecular weight excluding hydrogens is 1520 g/mol. The van der Waals surface area contributed by atoms with E-state index in [0.717, 1.165) is 146 Å². The van der Waals surface area contributed by atoms with Crippen molar-refractivity contribution in [3.8, 4) is 45.9 Å². The third-order valence-electron chi connectivity index (χ3n) is 20.3. The smallest absolute Gasteiger partial charge is 0.512 e. The molecule has 544 valence electrons. The van der Waals surface area contributed by atoms with E-state index in [1.165, 1.54) is 12.8 Å². The third kappa shape index (κ3) is 18.9. The van der Waals surface area contributed by atoms with Gasteiger partial charge in [0.1, 0.15) is 27.9 Å². The van der Waals surface area contributed by atoms with Crippen LogP contribution in [0.2, 0.25) is 30.1 Å². The standard InChI is InChI=1S/C26H31Cl2N5O2.C25H31BrCl2N4O2.C21H23Cl2N5.CN.CH4.Cu/c1-16-22(17-7-5-8-18(27)21(17)28)31-19(15-29)23(30-16)33-13-11-26(12-14-33)10-6-9-20(26)32-24(34)35-25(2,3)4;1-15-20(16-7-5-8-17(27)19(16)28)31-21(26)22(29-15)32-13-11-25(12-14-32)10-6-9-18(25)30-23(33)34-24(2,3)4;1-13-19(14-4-2-5-15(22)18(14)23)27-16(12-24)20(26-13)28-10-8-21(9-11-28)7-3-6-17(21)25;1-2;;/h5,7-8,20H,6,9-14H2,1-4H3,(H,32,34);5,7-8,18H,6,9-14H2,1-4H3,(H,30,33);2,4-5,17H,3,6-11,25H2,1H3;;1H4;/q;;;-1;;+1/t20-;18-;17-;;;/m111.../s1. The Morgan fingerprint density at radius 3 is 1.16 bits per heavy atom. The molecule has 0 bridgehead atoms. The van der Waals surface area contributed by atoms with E-state index < -0.39 is 11.2 Å². The summed E-state index contributed by atoms with van der Waals surface area (Å²) < 4.78 is 11.7. The van der Waals surface area contributed by atoms with Gasteiger partial charge in [0, 0.05) is 74.1 Å². The van der Waals surface area contributed by atoms with E-state index in [-0.39, 0.29) is 70.7 Å². The van der Waals surface area contributed by atoms with Crippen LogP contribution in [0.25, 0.3) is 33.8 Å². The van der Waals surface area contributed by atoms with Crippen molar-refractivity contribution in [3.05, 3.63) is 124 Å². The maximum Gasteiger partial charge on any atom is 1.00 e. The summed E-state index contributed by atoms with van der Waals surface area (Å²) in [5.41, 5.74) is 12.6. The van der Waals surface area contributed by atoms with E-state index in [1.807, 2.05) is 92.6 Å². The van der Waals surface area contributed by atoms with Gasteiger partial charge in [-0.15, -0.1) is 0 Å². The molecule has 19 nitrogen and oxygen atoms in total. The average molecular weight is 1610 g/mol. The zero-order chi connectivity index (χ0) is 71.9. The zero-order valence-corrected chi connectivity index (χ0v) is 64.9. The first kappa shape index (κ1) is 82.3. The number of carbonyl (C=O) groups is 2. The predicted molar refractivity (Wildman–Crippen MR) is 403 cm³/mol. The van der Waals surface area contributed by atoms with Crippen molar-refractivity contribution >= 4 is 115 Å². The number of hydrogen-bond donors (Lipinski definition) is 3. The van der Waals surface area contributed by atoms with Crippen LogP contribution in [-0.4, -0.2) is 111 Å². The van der Waals surface area contributed by atoms with Crippen molar-refractivity contribution in [2.75, 3.05) is 54.0 Å². The van der Waals surface area contributed by atoms with Gasteiger partial charge in [-0.1, -0.05) is 133 Å². The van der Waals surface area contributed by atoms with Crippen LogP contribution in [0, 0.1) is 71.5 Å². The zero-order valence-electron chi connectivity index (χ0n) is 57.8. The first-order valence-electron chi connectivity index (χ1n) is 33.6. The van der Waals surface area contributed by atoms with Crippen molar-refractivity contribution in [3.63, 3.8) is 0 Å². The number of nitrogens with zero attached hydrogens (tertiary/aromatic N) is 12. The molecular formula is C74H89BrCl6CuN15O4. The average Bonchev–Trinajstić information content (AvgIpc) is 1.77. The summed E-state index contributed by atoms with van der Waals surface area (Å²) in [6.07, 6.45) is 15.1.